The lowest BCUT2D eigenvalue weighted by molar-refractivity contribution is -0.112. The first-order chi connectivity index (χ1) is 15.4. The molecule has 3 aromatic rings. The smallest absolute Gasteiger partial charge is 0.266 e. The first-order valence-electron chi connectivity index (χ1n) is 9.33. The SMILES string of the molecule is COc1cc(C=C(C#N)C(=O)Nc2ccc(Br)cc2)c(Br)cc1OCc1ccccc1Cl. The summed E-state index contributed by atoms with van der Waals surface area (Å²) in [5, 5.41) is 12.8. The van der Waals surface area contributed by atoms with Crippen molar-refractivity contribution in [1.29, 1.82) is 5.26 Å². The van der Waals surface area contributed by atoms with Crippen LogP contribution in [0.5, 0.6) is 11.5 Å². The third-order valence-electron chi connectivity index (χ3n) is 4.39. The lowest BCUT2D eigenvalue weighted by Gasteiger charge is -2.14. The molecule has 0 unspecified atom stereocenters. The van der Waals surface area contributed by atoms with Gasteiger partial charge in [0.15, 0.2) is 11.5 Å². The van der Waals surface area contributed by atoms with Crippen LogP contribution >= 0.6 is 43.5 Å². The van der Waals surface area contributed by atoms with E-state index >= 15 is 0 Å². The summed E-state index contributed by atoms with van der Waals surface area (Å²) in [6.45, 7) is 0.261. The monoisotopic (exact) mass is 574 g/mol. The van der Waals surface area contributed by atoms with Crippen LogP contribution in [-0.2, 0) is 11.4 Å². The fraction of sp³-hybridized carbons (Fsp3) is 0.0833. The Morgan fingerprint density at radius 3 is 2.50 bits per heavy atom. The number of rotatable bonds is 7. The van der Waals surface area contributed by atoms with Crippen molar-refractivity contribution in [2.45, 2.75) is 6.61 Å². The number of halogens is 3. The second-order valence-electron chi connectivity index (χ2n) is 6.54. The first kappa shape index (κ1) is 23.9. The van der Waals surface area contributed by atoms with Gasteiger partial charge in [0.2, 0.25) is 0 Å². The minimum atomic E-state index is -0.514. The van der Waals surface area contributed by atoms with Crippen molar-refractivity contribution in [3.8, 4) is 17.6 Å². The minimum Gasteiger partial charge on any atom is -0.493 e. The van der Waals surface area contributed by atoms with Crippen molar-refractivity contribution >= 4 is 61.1 Å². The van der Waals surface area contributed by atoms with Gasteiger partial charge in [-0.05, 0) is 54.1 Å². The molecule has 1 N–H and O–H groups in total. The summed E-state index contributed by atoms with van der Waals surface area (Å²) in [7, 11) is 1.52. The zero-order valence-corrected chi connectivity index (χ0v) is 20.8. The van der Waals surface area contributed by atoms with Crippen LogP contribution in [0, 0.1) is 11.3 Å². The molecule has 0 aliphatic rings. The van der Waals surface area contributed by atoms with Crippen molar-refractivity contribution in [1.82, 2.24) is 0 Å². The Kier molecular flexibility index (Phi) is 8.34. The van der Waals surface area contributed by atoms with Crippen LogP contribution < -0.4 is 14.8 Å². The molecule has 0 fully saturated rings. The Morgan fingerprint density at radius 1 is 1.12 bits per heavy atom. The highest BCUT2D eigenvalue weighted by atomic mass is 79.9. The second kappa shape index (κ2) is 11.2. The van der Waals surface area contributed by atoms with Gasteiger partial charge in [-0.1, -0.05) is 61.7 Å². The van der Waals surface area contributed by atoms with Crippen molar-refractivity contribution in [3.63, 3.8) is 0 Å². The highest BCUT2D eigenvalue weighted by Gasteiger charge is 2.14. The largest absolute Gasteiger partial charge is 0.493 e. The number of benzene rings is 3. The van der Waals surface area contributed by atoms with Crippen LogP contribution in [-0.4, -0.2) is 13.0 Å². The third kappa shape index (κ3) is 6.13. The summed E-state index contributed by atoms with van der Waals surface area (Å²) in [6, 6.07) is 19.8. The summed E-state index contributed by atoms with van der Waals surface area (Å²) in [6.07, 6.45) is 1.48. The molecular weight excluding hydrogens is 560 g/mol. The average Bonchev–Trinajstić information content (AvgIpc) is 2.79. The number of anilines is 1. The van der Waals surface area contributed by atoms with Gasteiger partial charge >= 0.3 is 0 Å². The third-order valence-corrected chi connectivity index (χ3v) is 5.98. The number of nitrogens with one attached hydrogen (secondary N) is 1. The van der Waals surface area contributed by atoms with E-state index in [4.69, 9.17) is 21.1 Å². The van der Waals surface area contributed by atoms with Gasteiger partial charge in [0.25, 0.3) is 5.91 Å². The number of hydrogen-bond donors (Lipinski definition) is 1. The lowest BCUT2D eigenvalue weighted by atomic mass is 10.1. The molecule has 0 saturated carbocycles. The molecule has 0 heterocycles. The molecule has 0 aromatic heterocycles. The Balaban J connectivity index is 1.82. The molecule has 0 bridgehead atoms. The maximum atomic E-state index is 12.6. The van der Waals surface area contributed by atoms with E-state index in [1.54, 1.807) is 42.5 Å². The van der Waals surface area contributed by atoms with E-state index in [2.05, 4.69) is 37.2 Å². The zero-order valence-electron chi connectivity index (χ0n) is 16.9. The summed E-state index contributed by atoms with van der Waals surface area (Å²) in [5.74, 6) is 0.436. The molecule has 3 rings (SSSR count). The number of methoxy groups -OCH3 is 1. The lowest BCUT2D eigenvalue weighted by Crippen LogP contribution is -2.13. The molecule has 1 amide bonds. The Hall–Kier alpha value is -2.79. The topological polar surface area (TPSA) is 71.3 Å². The van der Waals surface area contributed by atoms with Gasteiger partial charge in [0.1, 0.15) is 18.2 Å². The van der Waals surface area contributed by atoms with E-state index in [9.17, 15) is 10.1 Å². The quantitative estimate of drug-likeness (QED) is 0.243. The molecule has 0 aliphatic carbocycles. The van der Waals surface area contributed by atoms with Crippen molar-refractivity contribution < 1.29 is 14.3 Å². The first-order valence-corrected chi connectivity index (χ1v) is 11.3. The molecular formula is C24H17Br2ClN2O3. The van der Waals surface area contributed by atoms with Crippen LogP contribution in [0.2, 0.25) is 5.02 Å². The normalized spacial score (nSPS) is 10.9. The van der Waals surface area contributed by atoms with Crippen molar-refractivity contribution in [2.24, 2.45) is 0 Å². The van der Waals surface area contributed by atoms with E-state index in [0.717, 1.165) is 10.0 Å². The number of amides is 1. The Morgan fingerprint density at radius 2 is 1.84 bits per heavy atom. The molecule has 32 heavy (non-hydrogen) atoms. The van der Waals surface area contributed by atoms with E-state index in [1.807, 2.05) is 24.3 Å². The number of carbonyl (C=O) groups excluding carboxylic acids is 1. The van der Waals surface area contributed by atoms with Gasteiger partial charge in [-0.3, -0.25) is 4.79 Å². The predicted molar refractivity (Wildman–Crippen MR) is 133 cm³/mol. The van der Waals surface area contributed by atoms with Crippen molar-refractivity contribution in [2.75, 3.05) is 12.4 Å². The highest BCUT2D eigenvalue weighted by Crippen LogP contribution is 2.35. The van der Waals surface area contributed by atoms with Crippen molar-refractivity contribution in [3.05, 3.63) is 91.3 Å². The summed E-state index contributed by atoms with van der Waals surface area (Å²) >= 11 is 13.0. The summed E-state index contributed by atoms with van der Waals surface area (Å²) in [4.78, 5) is 12.6. The molecule has 162 valence electrons. The number of carbonyl (C=O) groups is 1. The number of ether oxygens (including phenoxy) is 2. The zero-order chi connectivity index (χ0) is 23.1. The van der Waals surface area contributed by atoms with Gasteiger partial charge in [0, 0.05) is 25.2 Å². The van der Waals surface area contributed by atoms with E-state index < -0.39 is 5.91 Å². The van der Waals surface area contributed by atoms with Gasteiger partial charge < -0.3 is 14.8 Å². The number of nitriles is 1. The molecule has 0 radical (unpaired) electrons. The molecule has 0 aliphatic heterocycles. The maximum Gasteiger partial charge on any atom is 0.266 e. The second-order valence-corrected chi connectivity index (χ2v) is 8.71. The fourth-order valence-corrected chi connectivity index (χ4v) is 3.63. The van der Waals surface area contributed by atoms with E-state index in [0.29, 0.717) is 32.2 Å². The van der Waals surface area contributed by atoms with Gasteiger partial charge in [-0.2, -0.15) is 5.26 Å². The maximum absolute atomic E-state index is 12.6. The Bertz CT molecular complexity index is 1200. The highest BCUT2D eigenvalue weighted by molar-refractivity contribution is 9.10. The average molecular weight is 577 g/mol. The standard InChI is InChI=1S/C24H17Br2ClN2O3/c1-31-22-11-16(10-17(13-28)24(30)29-19-8-6-18(25)7-9-19)20(26)12-23(22)32-14-15-4-2-3-5-21(15)27/h2-12H,14H2,1H3,(H,29,30). The molecule has 3 aromatic carbocycles. The van der Waals surface area contributed by atoms with Crippen LogP contribution in [0.4, 0.5) is 5.69 Å². The van der Waals surface area contributed by atoms with Gasteiger partial charge in [-0.25, -0.2) is 0 Å². The van der Waals surface area contributed by atoms with Gasteiger partial charge in [-0.15, -0.1) is 0 Å². The number of nitrogens with zero attached hydrogens (tertiary/aromatic N) is 1. The molecule has 0 saturated heterocycles. The van der Waals surface area contributed by atoms with Crippen LogP contribution in [0.3, 0.4) is 0 Å². The van der Waals surface area contributed by atoms with E-state index in [1.165, 1.54) is 13.2 Å². The summed E-state index contributed by atoms with van der Waals surface area (Å²) in [5.41, 5.74) is 1.96. The Labute approximate surface area is 207 Å². The minimum absolute atomic E-state index is 0.0552. The number of hydrogen-bond acceptors (Lipinski definition) is 4. The van der Waals surface area contributed by atoms with Crippen LogP contribution in [0.25, 0.3) is 6.08 Å². The molecule has 0 atom stereocenters. The van der Waals surface area contributed by atoms with Crippen LogP contribution in [0.1, 0.15) is 11.1 Å². The molecule has 5 nitrogen and oxygen atoms in total. The molecule has 0 spiro atoms. The molecule has 8 heteroatoms. The fourth-order valence-electron chi connectivity index (χ4n) is 2.74. The van der Waals surface area contributed by atoms with Crippen LogP contribution in [0.15, 0.2) is 75.2 Å². The van der Waals surface area contributed by atoms with Gasteiger partial charge in [0.05, 0.1) is 7.11 Å². The van der Waals surface area contributed by atoms with E-state index in [-0.39, 0.29) is 12.2 Å². The predicted octanol–water partition coefficient (Wildman–Crippen LogP) is 7.00. The summed E-state index contributed by atoms with van der Waals surface area (Å²) < 4.78 is 12.9.